The van der Waals surface area contributed by atoms with E-state index in [4.69, 9.17) is 31.6 Å². The van der Waals surface area contributed by atoms with Crippen LogP contribution in [0.2, 0.25) is 0 Å². The molecule has 5 atom stereocenters. The van der Waals surface area contributed by atoms with Crippen molar-refractivity contribution < 1.29 is 67.6 Å². The van der Waals surface area contributed by atoms with Gasteiger partial charge >= 0.3 is 161 Å². The number of pyridine rings is 1. The number of amides is 4. The summed E-state index contributed by atoms with van der Waals surface area (Å²) in [6.07, 6.45) is 13.9. The third-order valence-corrected chi connectivity index (χ3v) is 16.0. The number of carbonyl (C=O) groups is 4. The van der Waals surface area contributed by atoms with Crippen molar-refractivity contribution in [2.24, 2.45) is 5.73 Å². The van der Waals surface area contributed by atoms with E-state index in [2.05, 4.69) is 37.9 Å². The third-order valence-electron chi connectivity index (χ3n) is 14.9. The van der Waals surface area contributed by atoms with E-state index in [1.54, 1.807) is 12.1 Å². The van der Waals surface area contributed by atoms with Crippen LogP contribution in [0.25, 0.3) is 32.9 Å². The molecule has 5 aliphatic heterocycles. The van der Waals surface area contributed by atoms with Crippen LogP contribution in [-0.2, 0) is 14.3 Å². The molecular weight excluding hydrogens is 1060 g/mol. The van der Waals surface area contributed by atoms with Gasteiger partial charge in [0.1, 0.15) is 35.2 Å². The number of nitrogens with zero attached hydrogens (tertiary/aromatic N) is 6. The number of phenols is 1. The zero-order valence-electron chi connectivity index (χ0n) is 40.0. The second-order valence-electron chi connectivity index (χ2n) is 19.6. The molecule has 4 saturated heterocycles. The van der Waals surface area contributed by atoms with Crippen LogP contribution in [0.3, 0.4) is 0 Å². The Balaban J connectivity index is 0.778. The number of nitrogens with one attached hydrogen (secondary N) is 2. The molecule has 5 aromatic rings. The Kier molecular flexibility index (Phi) is 14.3. The molecule has 73 heavy (non-hydrogen) atoms. The number of benzene rings is 3. The number of rotatable bonds is 19. The molecule has 382 valence electrons. The van der Waals surface area contributed by atoms with Gasteiger partial charge in [0.2, 0.25) is 0 Å². The first kappa shape index (κ1) is 50.2. The third kappa shape index (κ3) is 9.68. The summed E-state index contributed by atoms with van der Waals surface area (Å²) in [7, 11) is 0. The molecule has 17 nitrogen and oxygen atoms in total. The van der Waals surface area contributed by atoms with E-state index in [0.29, 0.717) is 75.1 Å². The molecule has 7 heterocycles. The fraction of sp³-hybridized carbons (Fsp3) is 0.415. The molecule has 2 aromatic heterocycles. The van der Waals surface area contributed by atoms with Gasteiger partial charge in [-0.25, -0.2) is 8.78 Å². The van der Waals surface area contributed by atoms with E-state index in [9.17, 15) is 27.7 Å². The van der Waals surface area contributed by atoms with Gasteiger partial charge in [-0.2, -0.15) is 9.97 Å². The zero-order valence-corrected chi connectivity index (χ0v) is 42.1. The Bertz CT molecular complexity index is 3110. The predicted octanol–water partition coefficient (Wildman–Crippen LogP) is 2.34. The van der Waals surface area contributed by atoms with Crippen molar-refractivity contribution >= 4 is 56.8 Å². The first-order valence-electron chi connectivity index (χ1n) is 24.5. The number of hydrogen-bond acceptors (Lipinski definition) is 14. The summed E-state index contributed by atoms with van der Waals surface area (Å²) >= 11 is -1.18. The molecule has 0 aliphatic carbocycles. The normalized spacial score (nSPS) is 21.8. The van der Waals surface area contributed by atoms with Gasteiger partial charge in [-0.1, -0.05) is 24.1 Å². The molecule has 4 fully saturated rings. The Morgan fingerprint density at radius 2 is 1.88 bits per heavy atom. The maximum atomic E-state index is 17.2. The van der Waals surface area contributed by atoms with E-state index in [1.165, 1.54) is 36.5 Å². The number of nitrogens with two attached hydrogens (primary N) is 1. The van der Waals surface area contributed by atoms with Crippen molar-refractivity contribution in [3.8, 4) is 35.4 Å². The number of aromatic hydroxyl groups is 1. The number of ether oxygens (including phenoxy) is 2. The number of hydrogen-bond donors (Lipinski definition) is 5. The van der Waals surface area contributed by atoms with Gasteiger partial charge in [-0.3, -0.25) is 9.88 Å². The summed E-state index contributed by atoms with van der Waals surface area (Å²) in [6.45, 7) is 7.50. The van der Waals surface area contributed by atoms with E-state index >= 15 is 8.78 Å². The number of alkyl halides is 1. The Morgan fingerprint density at radius 1 is 1.07 bits per heavy atom. The molecule has 0 spiro atoms. The monoisotopic (exact) mass is 1110 g/mol. The van der Waals surface area contributed by atoms with Gasteiger partial charge in [0.25, 0.3) is 0 Å². The van der Waals surface area contributed by atoms with E-state index in [-0.39, 0.29) is 104 Å². The van der Waals surface area contributed by atoms with Crippen LogP contribution in [0.4, 0.5) is 20.3 Å². The number of anilines is 2. The molecule has 0 saturated carbocycles. The average Bonchev–Trinajstić information content (AvgIpc) is 4.08. The molecule has 20 heteroatoms. The number of halogens is 3. The molecule has 4 amide bonds. The summed E-state index contributed by atoms with van der Waals surface area (Å²) in [5.74, 6) is -1.26. The number of primary amides is 1. The number of fused-ring (bicyclic) bond motifs is 6. The standard InChI is InChI=1S/C53H55F2IN9O8/c1-3-35-39(54)14-11-30-20-34(66)21-37(43(30)35)46-45(55)47-38(23-58-46)49(63-25-31-12-13-32(26-63)59-31)62-52(61-47)73-28-53-17-15-33(64(53)24-29(2)22-53)27-72-19-6-4-5-10-42(67)60-40-9-7-8-36-44(40)51(70)65(50(36)69)41(48(57)68)16-18-56-71/h1,7-9,11,14,20-21,23,31-33,41,59,66,71H,2,4-6,10,12-13,15-19,22,24-28H2,(H2,57,68)(H,60,67)/q-1. The van der Waals surface area contributed by atoms with E-state index in [0.717, 1.165) is 36.2 Å². The second-order valence-corrected chi connectivity index (χ2v) is 21.4. The molecule has 10 rings (SSSR count). The first-order valence-corrected chi connectivity index (χ1v) is 27.0. The molecule has 5 aliphatic rings. The van der Waals surface area contributed by atoms with Gasteiger partial charge in [-0.15, -0.1) is 6.42 Å². The molecule has 0 radical (unpaired) electrons. The zero-order chi connectivity index (χ0) is 51.1. The van der Waals surface area contributed by atoms with Gasteiger partial charge in [-0.05, 0) is 62.1 Å². The SMILES string of the molecule is C#Cc1c(F)ccc2cc(O)cc(-c3ncc4c(N5CC6CCC(C5)N6)nc(OCC56CCC(COCCCCCC(=O)Nc7cccc8c7C(=O)N(C(CC[I-]O)C(N)=O)C8=O)N5CC(=C)C6)nc4c3F)c12. The number of unbranched alkanes of at least 4 members (excludes halogenated alkanes) is 2. The summed E-state index contributed by atoms with van der Waals surface area (Å²) < 4.78 is 54.7. The van der Waals surface area contributed by atoms with Gasteiger partial charge in [0, 0.05) is 61.5 Å². The van der Waals surface area contributed by atoms with Crippen LogP contribution in [0, 0.1) is 24.0 Å². The number of aromatic nitrogens is 3. The summed E-state index contributed by atoms with van der Waals surface area (Å²) in [5, 5.41) is 18.2. The number of carbonyl (C=O) groups excluding carboxylic acids is 4. The van der Waals surface area contributed by atoms with Crippen LogP contribution in [0.15, 0.2) is 60.8 Å². The Morgan fingerprint density at radius 3 is 2.64 bits per heavy atom. The van der Waals surface area contributed by atoms with E-state index < -0.39 is 62.6 Å². The quantitative estimate of drug-likeness (QED) is 0.0200. The summed E-state index contributed by atoms with van der Waals surface area (Å²) in [5.41, 5.74) is 6.33. The van der Waals surface area contributed by atoms with Crippen LogP contribution in [0.1, 0.15) is 90.5 Å². The molecule has 2 bridgehead atoms. The second kappa shape index (κ2) is 20.9. The predicted molar refractivity (Wildman–Crippen MR) is 263 cm³/mol. The molecule has 6 N–H and O–H groups in total. The molecule has 5 unspecified atom stereocenters. The van der Waals surface area contributed by atoms with Crippen LogP contribution in [0.5, 0.6) is 11.8 Å². The summed E-state index contributed by atoms with van der Waals surface area (Å²) in [4.78, 5) is 71.4. The summed E-state index contributed by atoms with van der Waals surface area (Å²) in [6, 6.07) is 9.42. The minimum Gasteiger partial charge on any atom is -0.285 e. The molecular formula is C53H55F2IN9O8-. The fourth-order valence-corrected chi connectivity index (χ4v) is 12.4. The van der Waals surface area contributed by atoms with Crippen molar-refractivity contribution in [2.75, 3.05) is 54.1 Å². The Labute approximate surface area is 430 Å². The van der Waals surface area contributed by atoms with Gasteiger partial charge < -0.3 is 24.8 Å². The minimum absolute atomic E-state index is 0.00762. The minimum atomic E-state index is -1.20. The van der Waals surface area contributed by atoms with Crippen molar-refractivity contribution in [3.63, 3.8) is 0 Å². The fourth-order valence-electron chi connectivity index (χ4n) is 11.5. The van der Waals surface area contributed by atoms with Gasteiger partial charge in [0.05, 0.1) is 23.1 Å². The smallest absolute Gasteiger partial charge is 0.176 e. The van der Waals surface area contributed by atoms with Crippen molar-refractivity contribution in [3.05, 3.63) is 89.1 Å². The number of phenolic OH excluding ortho intramolecular Hbond substituents is 1. The van der Waals surface area contributed by atoms with Crippen LogP contribution < -0.4 is 47.6 Å². The Hall–Kier alpha value is -6.38. The van der Waals surface area contributed by atoms with E-state index in [1.807, 2.05) is 0 Å². The van der Waals surface area contributed by atoms with Crippen molar-refractivity contribution in [1.29, 1.82) is 0 Å². The number of piperazine rings is 1. The van der Waals surface area contributed by atoms with Crippen molar-refractivity contribution in [1.82, 2.24) is 30.1 Å². The topological polar surface area (TPSA) is 226 Å². The largest absolute Gasteiger partial charge is 0.285 e. The number of imide groups is 1. The van der Waals surface area contributed by atoms with Crippen molar-refractivity contribution in [2.45, 2.75) is 93.9 Å². The van der Waals surface area contributed by atoms with Gasteiger partial charge in [0.15, 0.2) is 5.82 Å². The average molecular weight is 1110 g/mol. The maximum Gasteiger partial charge on any atom is 0.176 e. The van der Waals surface area contributed by atoms with Crippen LogP contribution >= 0.6 is 0 Å². The molecule has 3 aromatic carbocycles. The number of terminal acetylenes is 1. The van der Waals surface area contributed by atoms with Crippen LogP contribution in [-0.4, -0.2) is 131 Å². The first-order chi connectivity index (χ1) is 35.3. The maximum absolute atomic E-state index is 17.2.